The molecule has 0 unspecified atom stereocenters. The lowest BCUT2D eigenvalue weighted by molar-refractivity contribution is 0.428. The number of benzene rings is 2. The molecule has 1 aliphatic rings. The summed E-state index contributed by atoms with van der Waals surface area (Å²) in [6.45, 7) is 3.20. The van der Waals surface area contributed by atoms with E-state index < -0.39 is 0 Å². The van der Waals surface area contributed by atoms with Crippen molar-refractivity contribution in [3.8, 4) is 17.5 Å². The highest BCUT2D eigenvalue weighted by atomic mass is 16.5. The van der Waals surface area contributed by atoms with Crippen LogP contribution in [0.15, 0.2) is 59.1 Å². The Hall–Kier alpha value is -3.33. The molecule has 0 atom stereocenters. The lowest BCUT2D eigenvalue weighted by atomic mass is 10.1. The van der Waals surface area contributed by atoms with Crippen molar-refractivity contribution < 1.29 is 4.52 Å². The Morgan fingerprint density at radius 2 is 1.56 bits per heavy atom. The van der Waals surface area contributed by atoms with Crippen LogP contribution in [-0.4, -0.2) is 36.3 Å². The number of rotatable bonds is 3. The van der Waals surface area contributed by atoms with Gasteiger partial charge in [0.05, 0.1) is 11.3 Å². The van der Waals surface area contributed by atoms with Gasteiger partial charge in [-0.05, 0) is 29.4 Å². The van der Waals surface area contributed by atoms with Gasteiger partial charge in [-0.1, -0.05) is 30.3 Å². The fraction of sp³-hybridized carbons (Fsp3) is 0.211. The van der Waals surface area contributed by atoms with E-state index in [1.807, 2.05) is 54.6 Å². The molecule has 2 heterocycles. The van der Waals surface area contributed by atoms with Crippen molar-refractivity contribution >= 4 is 11.6 Å². The molecule has 0 saturated carbocycles. The minimum Gasteiger partial charge on any atom is -0.367 e. The molecule has 1 saturated heterocycles. The number of nitrogens with zero attached hydrogens (tertiary/aromatic N) is 5. The second kappa shape index (κ2) is 6.65. The van der Waals surface area contributed by atoms with E-state index in [1.165, 1.54) is 0 Å². The summed E-state index contributed by atoms with van der Waals surface area (Å²) in [7, 11) is 0. The number of piperazine rings is 1. The lowest BCUT2D eigenvalue weighted by Gasteiger charge is -2.35. The first-order valence-corrected chi connectivity index (χ1v) is 8.23. The molecule has 6 heteroatoms. The number of nitriles is 1. The average molecular weight is 331 g/mol. The van der Waals surface area contributed by atoms with Crippen molar-refractivity contribution in [2.75, 3.05) is 36.0 Å². The van der Waals surface area contributed by atoms with Crippen molar-refractivity contribution in [2.24, 2.45) is 0 Å². The molecule has 124 valence electrons. The van der Waals surface area contributed by atoms with Crippen molar-refractivity contribution in [1.82, 2.24) is 10.1 Å². The summed E-state index contributed by atoms with van der Waals surface area (Å²) in [4.78, 5) is 8.85. The summed E-state index contributed by atoms with van der Waals surface area (Å²) in [5, 5.41) is 13.4. The van der Waals surface area contributed by atoms with Gasteiger partial charge < -0.3 is 14.3 Å². The number of hydrogen-bond donors (Lipinski definition) is 0. The molecule has 1 aromatic heterocycles. The molecule has 6 nitrogen and oxygen atoms in total. The second-order valence-electron chi connectivity index (χ2n) is 5.87. The summed E-state index contributed by atoms with van der Waals surface area (Å²) >= 11 is 0. The van der Waals surface area contributed by atoms with Crippen LogP contribution < -0.4 is 9.80 Å². The van der Waals surface area contributed by atoms with Gasteiger partial charge in [0.1, 0.15) is 6.07 Å². The van der Waals surface area contributed by atoms with Crippen LogP contribution in [0.25, 0.3) is 11.5 Å². The summed E-state index contributed by atoms with van der Waals surface area (Å²) in [5.74, 6) is 1.15. The van der Waals surface area contributed by atoms with E-state index in [-0.39, 0.29) is 0 Å². The van der Waals surface area contributed by atoms with Crippen LogP contribution >= 0.6 is 0 Å². The summed E-state index contributed by atoms with van der Waals surface area (Å²) in [6, 6.07) is 19.7. The van der Waals surface area contributed by atoms with Gasteiger partial charge in [-0.3, -0.25) is 0 Å². The normalized spacial score (nSPS) is 14.4. The third kappa shape index (κ3) is 3.04. The van der Waals surface area contributed by atoms with Crippen molar-refractivity contribution in [3.63, 3.8) is 0 Å². The van der Waals surface area contributed by atoms with Crippen molar-refractivity contribution in [1.29, 1.82) is 5.26 Å². The van der Waals surface area contributed by atoms with Crippen LogP contribution in [0, 0.1) is 11.3 Å². The van der Waals surface area contributed by atoms with Crippen LogP contribution in [0.5, 0.6) is 0 Å². The molecule has 1 aliphatic heterocycles. The van der Waals surface area contributed by atoms with Gasteiger partial charge in [0.2, 0.25) is 0 Å². The fourth-order valence-corrected chi connectivity index (χ4v) is 3.03. The maximum Gasteiger partial charge on any atom is 0.266 e. The SMILES string of the molecule is N#Cc1ccccc1N1CCN(c2noc(-c3ccccc3)n2)CC1. The standard InChI is InChI=1S/C19H17N5O/c20-14-16-8-4-5-9-17(16)23-10-12-24(13-11-23)19-21-18(25-22-19)15-6-2-1-3-7-15/h1-9H,10-13H2. The van der Waals surface area contributed by atoms with Crippen LogP contribution in [-0.2, 0) is 0 Å². The maximum absolute atomic E-state index is 9.27. The Labute approximate surface area is 145 Å². The van der Waals surface area contributed by atoms with Crippen LogP contribution in [0.3, 0.4) is 0 Å². The van der Waals surface area contributed by atoms with Crippen molar-refractivity contribution in [2.45, 2.75) is 0 Å². The second-order valence-corrected chi connectivity index (χ2v) is 5.87. The predicted molar refractivity (Wildman–Crippen MR) is 95.3 cm³/mol. The van der Waals surface area contributed by atoms with E-state index in [0.717, 1.165) is 37.4 Å². The molecule has 0 radical (unpaired) electrons. The monoisotopic (exact) mass is 331 g/mol. The Kier molecular flexibility index (Phi) is 4.05. The molecule has 0 bridgehead atoms. The first-order chi connectivity index (χ1) is 12.3. The Morgan fingerprint density at radius 1 is 0.880 bits per heavy atom. The zero-order valence-electron chi connectivity index (χ0n) is 13.7. The van der Waals surface area contributed by atoms with E-state index in [9.17, 15) is 5.26 Å². The van der Waals surface area contributed by atoms with E-state index in [1.54, 1.807) is 0 Å². The first-order valence-electron chi connectivity index (χ1n) is 8.23. The predicted octanol–water partition coefficient (Wildman–Crippen LogP) is 2.93. The summed E-state index contributed by atoms with van der Waals surface area (Å²) < 4.78 is 5.39. The third-order valence-electron chi connectivity index (χ3n) is 4.36. The summed E-state index contributed by atoms with van der Waals surface area (Å²) in [6.07, 6.45) is 0. The molecule has 1 fully saturated rings. The highest BCUT2D eigenvalue weighted by molar-refractivity contribution is 5.60. The van der Waals surface area contributed by atoms with Gasteiger partial charge in [0.25, 0.3) is 11.8 Å². The van der Waals surface area contributed by atoms with Gasteiger partial charge in [-0.15, -0.1) is 0 Å². The molecule has 0 aliphatic carbocycles. The Morgan fingerprint density at radius 3 is 2.32 bits per heavy atom. The zero-order valence-corrected chi connectivity index (χ0v) is 13.7. The van der Waals surface area contributed by atoms with E-state index in [4.69, 9.17) is 4.52 Å². The smallest absolute Gasteiger partial charge is 0.266 e. The van der Waals surface area contributed by atoms with Crippen LogP contribution in [0.2, 0.25) is 0 Å². The molecule has 0 amide bonds. The van der Waals surface area contributed by atoms with E-state index in [2.05, 4.69) is 26.0 Å². The average Bonchev–Trinajstić information content (AvgIpc) is 3.19. The summed E-state index contributed by atoms with van der Waals surface area (Å²) in [5.41, 5.74) is 2.62. The number of aromatic nitrogens is 2. The molecule has 4 rings (SSSR count). The van der Waals surface area contributed by atoms with Crippen molar-refractivity contribution in [3.05, 3.63) is 60.2 Å². The van der Waals surface area contributed by atoms with Gasteiger partial charge >= 0.3 is 0 Å². The minimum absolute atomic E-state index is 0.535. The third-order valence-corrected chi connectivity index (χ3v) is 4.36. The van der Waals surface area contributed by atoms with Gasteiger partial charge in [-0.25, -0.2) is 0 Å². The molecule has 0 spiro atoms. The minimum atomic E-state index is 0.535. The largest absolute Gasteiger partial charge is 0.367 e. The van der Waals surface area contributed by atoms with Crippen LogP contribution in [0.1, 0.15) is 5.56 Å². The molecular weight excluding hydrogens is 314 g/mol. The molecule has 25 heavy (non-hydrogen) atoms. The number of hydrogen-bond acceptors (Lipinski definition) is 6. The Balaban J connectivity index is 1.46. The quantitative estimate of drug-likeness (QED) is 0.735. The molecular formula is C19H17N5O. The fourth-order valence-electron chi connectivity index (χ4n) is 3.03. The number of para-hydroxylation sites is 1. The lowest BCUT2D eigenvalue weighted by Crippen LogP contribution is -2.47. The van der Waals surface area contributed by atoms with Gasteiger partial charge in [0.15, 0.2) is 0 Å². The van der Waals surface area contributed by atoms with Gasteiger partial charge in [-0.2, -0.15) is 10.2 Å². The first kappa shape index (κ1) is 15.2. The van der Waals surface area contributed by atoms with E-state index in [0.29, 0.717) is 17.4 Å². The van der Waals surface area contributed by atoms with Crippen LogP contribution in [0.4, 0.5) is 11.6 Å². The zero-order chi connectivity index (χ0) is 17.1. The van der Waals surface area contributed by atoms with E-state index >= 15 is 0 Å². The molecule has 3 aromatic rings. The Bertz CT molecular complexity index is 891. The number of anilines is 2. The highest BCUT2D eigenvalue weighted by Gasteiger charge is 2.22. The molecule has 0 N–H and O–H groups in total. The highest BCUT2D eigenvalue weighted by Crippen LogP contribution is 2.24. The van der Waals surface area contributed by atoms with Gasteiger partial charge in [0, 0.05) is 31.7 Å². The maximum atomic E-state index is 9.27. The topological polar surface area (TPSA) is 69.2 Å². The molecule has 2 aromatic carbocycles.